The molecule has 104 valence electrons. The number of rotatable bonds is 5. The molecule has 0 radical (unpaired) electrons. The lowest BCUT2D eigenvalue weighted by Gasteiger charge is -2.35. The van der Waals surface area contributed by atoms with Crippen molar-refractivity contribution in [3.8, 4) is 0 Å². The third-order valence-electron chi connectivity index (χ3n) is 1.94. The lowest BCUT2D eigenvalue weighted by Crippen LogP contribution is -2.64. The minimum Gasteiger partial charge on any atom is -0.331 e. The van der Waals surface area contributed by atoms with Gasteiger partial charge in [0.15, 0.2) is 6.17 Å². The summed E-state index contributed by atoms with van der Waals surface area (Å²) in [5, 5.41) is 7.48. The number of hydrogen-bond donors (Lipinski definition) is 1. The zero-order valence-electron chi connectivity index (χ0n) is 8.13. The van der Waals surface area contributed by atoms with Crippen LogP contribution in [-0.2, 0) is 0 Å². The van der Waals surface area contributed by atoms with Crippen LogP contribution in [0.25, 0.3) is 0 Å². The predicted molar refractivity (Wildman–Crippen MR) is 37.2 cm³/mol. The van der Waals surface area contributed by atoms with E-state index in [9.17, 15) is 39.5 Å². The molecule has 17 heavy (non-hydrogen) atoms. The highest BCUT2D eigenvalue weighted by Gasteiger charge is 2.82. The van der Waals surface area contributed by atoms with Crippen LogP contribution in [0, 0.1) is 0 Å². The lowest BCUT2D eigenvalue weighted by molar-refractivity contribution is -0.422. The molecular formula is C7H7F9O. The van der Waals surface area contributed by atoms with Crippen molar-refractivity contribution in [3.05, 3.63) is 0 Å². The second-order valence-corrected chi connectivity index (χ2v) is 3.19. The number of halogens is 9. The quantitative estimate of drug-likeness (QED) is 0.765. The normalized spacial score (nSPS) is 17.1. The highest BCUT2D eigenvalue weighted by atomic mass is 19.4. The Kier molecular flexibility index (Phi) is 4.05. The molecule has 0 saturated carbocycles. The van der Waals surface area contributed by atoms with Crippen molar-refractivity contribution in [1.82, 2.24) is 0 Å². The van der Waals surface area contributed by atoms with Crippen molar-refractivity contribution in [2.45, 2.75) is 43.4 Å². The summed E-state index contributed by atoms with van der Waals surface area (Å²) < 4.78 is 111. The Labute approximate surface area is 89.2 Å². The summed E-state index contributed by atoms with van der Waals surface area (Å²) in [6.45, 7) is 0.629. The van der Waals surface area contributed by atoms with Gasteiger partial charge in [0.05, 0.1) is 0 Å². The van der Waals surface area contributed by atoms with Crippen LogP contribution >= 0.6 is 0 Å². The molecule has 0 saturated heterocycles. The zero-order chi connectivity index (χ0) is 14.3. The van der Waals surface area contributed by atoms with Gasteiger partial charge in [0.1, 0.15) is 0 Å². The first kappa shape index (κ1) is 16.3. The molecule has 0 rings (SSSR count). The second-order valence-electron chi connectivity index (χ2n) is 3.19. The van der Waals surface area contributed by atoms with Crippen molar-refractivity contribution in [3.63, 3.8) is 0 Å². The van der Waals surface area contributed by atoms with Crippen LogP contribution in [0.15, 0.2) is 0 Å². The molecule has 1 atom stereocenters. The first-order valence-corrected chi connectivity index (χ1v) is 4.11. The molecule has 0 aliphatic heterocycles. The second kappa shape index (κ2) is 4.21. The smallest absolute Gasteiger partial charge is 0.331 e. The first-order chi connectivity index (χ1) is 7.23. The highest BCUT2D eigenvalue weighted by Crippen LogP contribution is 2.53. The summed E-state index contributed by atoms with van der Waals surface area (Å²) in [4.78, 5) is 0. The van der Waals surface area contributed by atoms with E-state index >= 15 is 0 Å². The van der Waals surface area contributed by atoms with E-state index in [1.54, 1.807) is 0 Å². The SMILES string of the molecule is CCC(F)C(F)(F)C(F)(F)C(F)(F)C(O)(F)F. The van der Waals surface area contributed by atoms with Gasteiger partial charge in [-0.25, -0.2) is 4.39 Å². The summed E-state index contributed by atoms with van der Waals surface area (Å²) in [5.41, 5.74) is 0. The average molecular weight is 278 g/mol. The van der Waals surface area contributed by atoms with Gasteiger partial charge in [-0.2, -0.15) is 35.1 Å². The monoisotopic (exact) mass is 278 g/mol. The summed E-state index contributed by atoms with van der Waals surface area (Å²) in [5.74, 6) is -19.6. The Bertz CT molecular complexity index is 269. The largest absolute Gasteiger partial charge is 0.423 e. The maximum absolute atomic E-state index is 12.6. The third kappa shape index (κ3) is 2.31. The van der Waals surface area contributed by atoms with Gasteiger partial charge in [-0.1, -0.05) is 6.92 Å². The van der Waals surface area contributed by atoms with Gasteiger partial charge < -0.3 is 5.11 Å². The van der Waals surface area contributed by atoms with E-state index in [2.05, 4.69) is 0 Å². The van der Waals surface area contributed by atoms with Gasteiger partial charge in [-0.15, -0.1) is 0 Å². The Hall–Kier alpha value is -0.670. The van der Waals surface area contributed by atoms with Crippen molar-refractivity contribution in [1.29, 1.82) is 0 Å². The van der Waals surface area contributed by atoms with Crippen LogP contribution in [0.4, 0.5) is 39.5 Å². The minimum absolute atomic E-state index is 0.629. The predicted octanol–water partition coefficient (Wildman–Crippen LogP) is 3.23. The topological polar surface area (TPSA) is 20.2 Å². The van der Waals surface area contributed by atoms with Gasteiger partial charge in [0.2, 0.25) is 0 Å². The van der Waals surface area contributed by atoms with E-state index in [0.29, 0.717) is 6.92 Å². The molecule has 0 aromatic carbocycles. The maximum Gasteiger partial charge on any atom is 0.423 e. The fourth-order valence-corrected chi connectivity index (χ4v) is 0.851. The van der Waals surface area contributed by atoms with Crippen molar-refractivity contribution in [2.75, 3.05) is 0 Å². The molecule has 10 heteroatoms. The van der Waals surface area contributed by atoms with Crippen LogP contribution in [0.5, 0.6) is 0 Å². The van der Waals surface area contributed by atoms with Crippen molar-refractivity contribution >= 4 is 0 Å². The Morgan fingerprint density at radius 2 is 1.24 bits per heavy atom. The Morgan fingerprint density at radius 3 is 1.47 bits per heavy atom. The van der Waals surface area contributed by atoms with E-state index in [4.69, 9.17) is 5.11 Å². The van der Waals surface area contributed by atoms with Gasteiger partial charge in [0, 0.05) is 0 Å². The fourth-order valence-electron chi connectivity index (χ4n) is 0.851. The molecule has 0 aliphatic carbocycles. The molecule has 0 amide bonds. The van der Waals surface area contributed by atoms with Gasteiger partial charge >= 0.3 is 23.9 Å². The molecule has 0 bridgehead atoms. The summed E-state index contributed by atoms with van der Waals surface area (Å²) in [7, 11) is 0. The summed E-state index contributed by atoms with van der Waals surface area (Å²) in [6.07, 6.45) is -11.5. The fraction of sp³-hybridized carbons (Fsp3) is 1.00. The van der Waals surface area contributed by atoms with Crippen molar-refractivity contribution in [2.24, 2.45) is 0 Å². The van der Waals surface area contributed by atoms with E-state index in [0.717, 1.165) is 0 Å². The van der Waals surface area contributed by atoms with E-state index < -0.39 is 36.5 Å². The van der Waals surface area contributed by atoms with E-state index in [-0.39, 0.29) is 0 Å². The van der Waals surface area contributed by atoms with Crippen molar-refractivity contribution < 1.29 is 44.6 Å². The number of hydrogen-bond acceptors (Lipinski definition) is 1. The standard InChI is InChI=1S/C7H7F9O/c1-2-3(8)4(9,10)5(11,12)6(13,14)7(15,16)17/h3,17H,2H2,1H3. The Morgan fingerprint density at radius 1 is 0.882 bits per heavy atom. The molecule has 1 N–H and O–H groups in total. The summed E-state index contributed by atoms with van der Waals surface area (Å²) >= 11 is 0. The minimum atomic E-state index is -6.80. The molecule has 0 aromatic rings. The number of aliphatic hydroxyl groups is 1. The molecule has 1 unspecified atom stereocenters. The highest BCUT2D eigenvalue weighted by molar-refractivity contribution is 5.02. The third-order valence-corrected chi connectivity index (χ3v) is 1.94. The van der Waals surface area contributed by atoms with Crippen LogP contribution in [0.3, 0.4) is 0 Å². The van der Waals surface area contributed by atoms with Crippen LogP contribution in [0.1, 0.15) is 13.3 Å². The van der Waals surface area contributed by atoms with E-state index in [1.807, 2.05) is 0 Å². The maximum atomic E-state index is 12.6. The van der Waals surface area contributed by atoms with E-state index in [1.165, 1.54) is 0 Å². The van der Waals surface area contributed by atoms with Gasteiger partial charge in [-0.3, -0.25) is 0 Å². The number of alkyl halides is 9. The molecule has 0 heterocycles. The summed E-state index contributed by atoms with van der Waals surface area (Å²) in [6, 6.07) is 0. The molecule has 0 fully saturated rings. The molecular weight excluding hydrogens is 271 g/mol. The van der Waals surface area contributed by atoms with Gasteiger partial charge in [0.25, 0.3) is 0 Å². The van der Waals surface area contributed by atoms with Gasteiger partial charge in [-0.05, 0) is 6.42 Å². The molecule has 0 spiro atoms. The zero-order valence-corrected chi connectivity index (χ0v) is 8.13. The van der Waals surface area contributed by atoms with Crippen LogP contribution in [-0.4, -0.2) is 35.2 Å². The molecule has 0 aliphatic rings. The average Bonchev–Trinajstić information content (AvgIpc) is 2.13. The first-order valence-electron chi connectivity index (χ1n) is 4.11. The lowest BCUT2D eigenvalue weighted by atomic mass is 9.98. The molecule has 1 nitrogen and oxygen atoms in total. The van der Waals surface area contributed by atoms with Crippen LogP contribution < -0.4 is 0 Å². The van der Waals surface area contributed by atoms with Crippen LogP contribution in [0.2, 0.25) is 0 Å². The Balaban J connectivity index is 5.55. The molecule has 0 aromatic heterocycles.